The fourth-order valence-corrected chi connectivity index (χ4v) is 3.02. The highest BCUT2D eigenvalue weighted by atomic mass is 35.5. The Kier molecular flexibility index (Phi) is 18.2. The summed E-state index contributed by atoms with van der Waals surface area (Å²) in [7, 11) is 5.05. The summed E-state index contributed by atoms with van der Waals surface area (Å²) in [5, 5.41) is 2.86. The van der Waals surface area contributed by atoms with E-state index in [9.17, 15) is 28.8 Å². The summed E-state index contributed by atoms with van der Waals surface area (Å²) in [6.45, 7) is 0. The molecule has 0 atom stereocenters. The number of anilines is 2. The molecule has 0 aliphatic carbocycles. The maximum Gasteiger partial charge on any atom is 0.339 e. The topological polar surface area (TPSA) is 177 Å². The normalized spacial score (nSPS) is 9.44. The molecule has 0 unspecified atom stereocenters. The van der Waals surface area contributed by atoms with Crippen LogP contribution in [0.4, 0.5) is 11.4 Å². The number of esters is 4. The van der Waals surface area contributed by atoms with Gasteiger partial charge in [0.25, 0.3) is 0 Å². The SMILES string of the molecule is COC(=O)CCC(=O)Cl.COC(=O)CCC(=O)Nc1cc(Cl)ccc1C(=O)OC.COC(=O)c1ccc(Cl)cc1N. The van der Waals surface area contributed by atoms with E-state index in [1.54, 1.807) is 6.07 Å². The molecule has 0 saturated carbocycles. The maximum atomic E-state index is 11.7. The summed E-state index contributed by atoms with van der Waals surface area (Å²) in [5.41, 5.74) is 6.59. The quantitative estimate of drug-likeness (QED) is 0.172. The van der Waals surface area contributed by atoms with Crippen molar-refractivity contribution < 1.29 is 47.7 Å². The van der Waals surface area contributed by atoms with Crippen molar-refractivity contribution in [2.45, 2.75) is 25.7 Å². The summed E-state index contributed by atoms with van der Waals surface area (Å²) in [6.07, 6.45) is 0.0172. The number of rotatable bonds is 9. The Morgan fingerprint density at radius 1 is 0.683 bits per heavy atom. The van der Waals surface area contributed by atoms with E-state index in [4.69, 9.17) is 40.5 Å². The molecule has 1 amide bonds. The molecule has 12 nitrogen and oxygen atoms in total. The first-order chi connectivity index (χ1) is 19.3. The second-order valence-corrected chi connectivity index (χ2v) is 8.75. The van der Waals surface area contributed by atoms with Gasteiger partial charge in [0.05, 0.1) is 58.1 Å². The van der Waals surface area contributed by atoms with Crippen LogP contribution in [0.15, 0.2) is 36.4 Å². The number of halogens is 3. The summed E-state index contributed by atoms with van der Waals surface area (Å²) in [4.78, 5) is 65.5. The average molecular weight is 636 g/mol. The van der Waals surface area contributed by atoms with Gasteiger partial charge in [0.2, 0.25) is 11.1 Å². The monoisotopic (exact) mass is 634 g/mol. The van der Waals surface area contributed by atoms with Gasteiger partial charge in [-0.15, -0.1) is 0 Å². The van der Waals surface area contributed by atoms with Crippen LogP contribution in [0.2, 0.25) is 10.0 Å². The summed E-state index contributed by atoms with van der Waals surface area (Å²) >= 11 is 16.4. The van der Waals surface area contributed by atoms with Crippen LogP contribution >= 0.6 is 34.8 Å². The van der Waals surface area contributed by atoms with Gasteiger partial charge in [-0.05, 0) is 48.0 Å². The van der Waals surface area contributed by atoms with Gasteiger partial charge in [-0.2, -0.15) is 0 Å². The highest BCUT2D eigenvalue weighted by Crippen LogP contribution is 2.22. The average Bonchev–Trinajstić information content (AvgIpc) is 2.94. The minimum absolute atomic E-state index is 0.0452. The molecule has 0 saturated heterocycles. The Hall–Kier alpha value is -3.87. The van der Waals surface area contributed by atoms with E-state index in [2.05, 4.69) is 24.3 Å². The lowest BCUT2D eigenvalue weighted by Gasteiger charge is -2.10. The van der Waals surface area contributed by atoms with Gasteiger partial charge in [0.15, 0.2) is 0 Å². The molecule has 0 bridgehead atoms. The van der Waals surface area contributed by atoms with Gasteiger partial charge in [0.1, 0.15) is 0 Å². The lowest BCUT2D eigenvalue weighted by Crippen LogP contribution is -2.16. The van der Waals surface area contributed by atoms with Crippen LogP contribution in [-0.4, -0.2) is 63.5 Å². The van der Waals surface area contributed by atoms with Crippen molar-refractivity contribution in [3.63, 3.8) is 0 Å². The molecule has 2 aromatic carbocycles. The third kappa shape index (κ3) is 15.5. The first-order valence-electron chi connectivity index (χ1n) is 11.4. The van der Waals surface area contributed by atoms with Crippen molar-refractivity contribution in [2.75, 3.05) is 39.5 Å². The van der Waals surface area contributed by atoms with Crippen molar-refractivity contribution >= 4 is 81.2 Å². The summed E-state index contributed by atoms with van der Waals surface area (Å²) in [5.74, 6) is -2.37. The third-order valence-electron chi connectivity index (χ3n) is 4.62. The van der Waals surface area contributed by atoms with E-state index in [1.165, 1.54) is 58.8 Å². The maximum absolute atomic E-state index is 11.7. The van der Waals surface area contributed by atoms with Crippen LogP contribution in [0.25, 0.3) is 0 Å². The molecule has 0 spiro atoms. The smallest absolute Gasteiger partial charge is 0.339 e. The van der Waals surface area contributed by atoms with Crippen LogP contribution in [0, 0.1) is 0 Å². The zero-order chi connectivity index (χ0) is 31.5. The number of carbonyl (C=O) groups excluding carboxylic acids is 6. The van der Waals surface area contributed by atoms with Gasteiger partial charge in [-0.3, -0.25) is 19.2 Å². The van der Waals surface area contributed by atoms with Gasteiger partial charge in [-0.1, -0.05) is 23.2 Å². The summed E-state index contributed by atoms with van der Waals surface area (Å²) < 4.78 is 17.8. The van der Waals surface area contributed by atoms with E-state index in [-0.39, 0.29) is 36.9 Å². The number of nitrogens with two attached hydrogens (primary N) is 1. The fourth-order valence-electron chi connectivity index (χ4n) is 2.57. The Bertz CT molecular complexity index is 1240. The van der Waals surface area contributed by atoms with Gasteiger partial charge in [0, 0.05) is 28.6 Å². The summed E-state index contributed by atoms with van der Waals surface area (Å²) in [6, 6.07) is 9.02. The Morgan fingerprint density at radius 2 is 1.15 bits per heavy atom. The lowest BCUT2D eigenvalue weighted by atomic mass is 10.1. The highest BCUT2D eigenvalue weighted by Gasteiger charge is 2.15. The zero-order valence-corrected chi connectivity index (χ0v) is 24.9. The largest absolute Gasteiger partial charge is 0.469 e. The molecular weight excluding hydrogens is 607 g/mol. The van der Waals surface area contributed by atoms with Crippen molar-refractivity contribution in [1.82, 2.24) is 0 Å². The van der Waals surface area contributed by atoms with Crippen LogP contribution in [-0.2, 0) is 38.1 Å². The van der Waals surface area contributed by atoms with Crippen molar-refractivity contribution in [2.24, 2.45) is 0 Å². The van der Waals surface area contributed by atoms with Crippen LogP contribution in [0.5, 0.6) is 0 Å². The number of ether oxygens (including phenoxy) is 4. The Labute approximate surface area is 251 Å². The molecule has 3 N–H and O–H groups in total. The molecule has 0 aliphatic heterocycles. The van der Waals surface area contributed by atoms with E-state index in [1.807, 2.05) is 0 Å². The number of nitrogens with one attached hydrogen (secondary N) is 1. The van der Waals surface area contributed by atoms with Crippen LogP contribution < -0.4 is 11.1 Å². The lowest BCUT2D eigenvalue weighted by molar-refractivity contribution is -0.142. The second-order valence-electron chi connectivity index (χ2n) is 7.46. The number of carbonyl (C=O) groups is 6. The Morgan fingerprint density at radius 3 is 1.61 bits per heavy atom. The number of amides is 1. The molecule has 0 aliphatic rings. The highest BCUT2D eigenvalue weighted by molar-refractivity contribution is 6.63. The van der Waals surface area contributed by atoms with Gasteiger partial charge >= 0.3 is 23.9 Å². The molecule has 41 heavy (non-hydrogen) atoms. The minimum atomic E-state index is -0.593. The van der Waals surface area contributed by atoms with E-state index >= 15 is 0 Å². The van der Waals surface area contributed by atoms with Crippen LogP contribution in [0.3, 0.4) is 0 Å². The molecule has 0 aromatic heterocycles. The molecule has 0 radical (unpaired) electrons. The number of nitrogen functional groups attached to an aromatic ring is 1. The standard InChI is InChI=1S/C13H14ClNO5.C8H8ClNO2.C5H7ClO3/c1-19-12(17)6-5-11(16)15-10-7-8(14)3-4-9(10)13(18)20-2;1-12-8(11)6-3-2-5(9)4-7(6)10;1-9-5(8)3-2-4(6)7/h3-4,7H,5-6H2,1-2H3,(H,15,16);2-4H,10H2,1H3;2-3H2,1H3. The zero-order valence-electron chi connectivity index (χ0n) is 22.6. The van der Waals surface area contributed by atoms with Gasteiger partial charge in [-0.25, -0.2) is 9.59 Å². The Balaban J connectivity index is 0.000000646. The molecular formula is C26H29Cl3N2O10. The minimum Gasteiger partial charge on any atom is -0.469 e. The van der Waals surface area contributed by atoms with Gasteiger partial charge < -0.3 is 30.0 Å². The molecule has 15 heteroatoms. The van der Waals surface area contributed by atoms with Crippen molar-refractivity contribution in [3.05, 3.63) is 57.6 Å². The molecule has 2 rings (SSSR count). The van der Waals surface area contributed by atoms with E-state index in [0.717, 1.165) is 0 Å². The molecule has 224 valence electrons. The molecule has 0 heterocycles. The van der Waals surface area contributed by atoms with E-state index < -0.39 is 35.0 Å². The number of methoxy groups -OCH3 is 4. The second kappa shape index (κ2) is 20.1. The number of benzene rings is 2. The van der Waals surface area contributed by atoms with Crippen molar-refractivity contribution in [3.8, 4) is 0 Å². The fraction of sp³-hybridized carbons (Fsp3) is 0.308. The molecule has 2 aromatic rings. The molecule has 0 fully saturated rings. The third-order valence-corrected chi connectivity index (χ3v) is 5.28. The first-order valence-corrected chi connectivity index (χ1v) is 12.6. The van der Waals surface area contributed by atoms with Crippen LogP contribution in [0.1, 0.15) is 46.4 Å². The van der Waals surface area contributed by atoms with E-state index in [0.29, 0.717) is 21.3 Å². The number of hydrogen-bond acceptors (Lipinski definition) is 11. The van der Waals surface area contributed by atoms with Crippen molar-refractivity contribution in [1.29, 1.82) is 0 Å². The predicted octanol–water partition coefficient (Wildman–Crippen LogP) is 4.43. The predicted molar refractivity (Wildman–Crippen MR) is 152 cm³/mol. The first kappa shape index (κ1) is 37.1. The number of hydrogen-bond donors (Lipinski definition) is 2.